The third kappa shape index (κ3) is 4.18. The number of rotatable bonds is 6. The van der Waals surface area contributed by atoms with E-state index >= 15 is 0 Å². The zero-order chi connectivity index (χ0) is 15.4. The predicted octanol–water partition coefficient (Wildman–Crippen LogP) is 2.92. The first-order valence-electron chi connectivity index (χ1n) is 7.25. The molecule has 2 N–H and O–H groups in total. The number of amides is 1. The third-order valence-corrected chi connectivity index (χ3v) is 3.93. The van der Waals surface area contributed by atoms with Crippen LogP contribution < -0.4 is 5.32 Å². The van der Waals surface area contributed by atoms with E-state index in [1.54, 1.807) is 13.0 Å². The molecule has 0 radical (unpaired) electrons. The van der Waals surface area contributed by atoms with Gasteiger partial charge in [-0.2, -0.15) is 0 Å². The van der Waals surface area contributed by atoms with Crippen molar-refractivity contribution >= 4 is 11.9 Å². The summed E-state index contributed by atoms with van der Waals surface area (Å²) < 4.78 is 0. The molecule has 21 heavy (non-hydrogen) atoms. The van der Waals surface area contributed by atoms with Crippen molar-refractivity contribution < 1.29 is 14.7 Å². The van der Waals surface area contributed by atoms with Gasteiger partial charge in [0.25, 0.3) is 0 Å². The summed E-state index contributed by atoms with van der Waals surface area (Å²) in [4.78, 5) is 23.4. The fourth-order valence-electron chi connectivity index (χ4n) is 2.36. The number of allylic oxidation sites excluding steroid dienone is 1. The monoisotopic (exact) mass is 287 g/mol. The molecule has 0 spiro atoms. The van der Waals surface area contributed by atoms with Gasteiger partial charge in [-0.1, -0.05) is 35.9 Å². The molecule has 1 aliphatic carbocycles. The highest BCUT2D eigenvalue weighted by molar-refractivity contribution is 5.89. The van der Waals surface area contributed by atoms with Crippen LogP contribution in [0, 0.1) is 11.8 Å². The lowest BCUT2D eigenvalue weighted by Crippen LogP contribution is -2.34. The normalized spacial score (nSPS) is 17.9. The molecule has 1 saturated carbocycles. The Morgan fingerprint density at radius 3 is 2.43 bits per heavy atom. The summed E-state index contributed by atoms with van der Waals surface area (Å²) in [5.41, 5.74) is 1.88. The summed E-state index contributed by atoms with van der Waals surface area (Å²) >= 11 is 0. The standard InChI is InChI=1S/C17H21NO3/c1-11(13-8-9-13)10-15(19)18-16(12(2)17(20)21)14-6-4-3-5-7-14/h3-7,10,12-13,16H,8-9H2,1-2H3,(H,18,19)(H,20,21)/b11-10-. The van der Waals surface area contributed by atoms with Gasteiger partial charge >= 0.3 is 5.97 Å². The zero-order valence-electron chi connectivity index (χ0n) is 12.4. The van der Waals surface area contributed by atoms with Crippen molar-refractivity contribution in [3.8, 4) is 0 Å². The van der Waals surface area contributed by atoms with Crippen LogP contribution in [-0.2, 0) is 9.59 Å². The summed E-state index contributed by atoms with van der Waals surface area (Å²) in [5, 5.41) is 12.1. The predicted molar refractivity (Wildman–Crippen MR) is 80.6 cm³/mol. The number of carboxylic acids is 1. The second-order valence-corrected chi connectivity index (χ2v) is 5.69. The molecule has 2 rings (SSSR count). The van der Waals surface area contributed by atoms with Gasteiger partial charge in [-0.3, -0.25) is 9.59 Å². The molecule has 2 unspecified atom stereocenters. The summed E-state index contributed by atoms with van der Waals surface area (Å²) in [6.07, 6.45) is 3.88. The van der Waals surface area contributed by atoms with Gasteiger partial charge in [0, 0.05) is 6.08 Å². The number of nitrogens with one attached hydrogen (secondary N) is 1. The van der Waals surface area contributed by atoms with Gasteiger partial charge in [-0.25, -0.2) is 0 Å². The molecule has 1 amide bonds. The van der Waals surface area contributed by atoms with Crippen LogP contribution in [0.2, 0.25) is 0 Å². The van der Waals surface area contributed by atoms with Crippen LogP contribution in [0.15, 0.2) is 42.0 Å². The van der Waals surface area contributed by atoms with Gasteiger partial charge in [0.1, 0.15) is 0 Å². The van der Waals surface area contributed by atoms with Crippen LogP contribution in [0.3, 0.4) is 0 Å². The largest absolute Gasteiger partial charge is 0.481 e. The van der Waals surface area contributed by atoms with E-state index < -0.39 is 17.9 Å². The topological polar surface area (TPSA) is 66.4 Å². The molecule has 0 aromatic heterocycles. The van der Waals surface area contributed by atoms with Crippen LogP contribution in [0.4, 0.5) is 0 Å². The maximum atomic E-state index is 12.1. The lowest BCUT2D eigenvalue weighted by atomic mass is 9.94. The maximum absolute atomic E-state index is 12.1. The molecule has 1 aliphatic rings. The van der Waals surface area contributed by atoms with Crippen molar-refractivity contribution in [3.05, 3.63) is 47.5 Å². The molecule has 1 aromatic rings. The number of benzene rings is 1. The van der Waals surface area contributed by atoms with Crippen LogP contribution in [0.25, 0.3) is 0 Å². The molecular formula is C17H21NO3. The number of carbonyl (C=O) groups excluding carboxylic acids is 1. The van der Waals surface area contributed by atoms with Crippen LogP contribution in [0.1, 0.15) is 38.3 Å². The maximum Gasteiger partial charge on any atom is 0.308 e. The average molecular weight is 287 g/mol. The Hall–Kier alpha value is -2.10. The molecule has 1 fully saturated rings. The van der Waals surface area contributed by atoms with Crippen molar-refractivity contribution in [2.45, 2.75) is 32.7 Å². The quantitative estimate of drug-likeness (QED) is 0.791. The molecule has 112 valence electrons. The smallest absolute Gasteiger partial charge is 0.308 e. The lowest BCUT2D eigenvalue weighted by Gasteiger charge is -2.22. The minimum atomic E-state index is -0.924. The van der Waals surface area contributed by atoms with E-state index in [2.05, 4.69) is 5.32 Å². The van der Waals surface area contributed by atoms with E-state index in [1.165, 1.54) is 0 Å². The van der Waals surface area contributed by atoms with E-state index in [0.29, 0.717) is 5.92 Å². The number of carboxylic acid groups (broad SMARTS) is 1. The second-order valence-electron chi connectivity index (χ2n) is 5.69. The number of hydrogen-bond acceptors (Lipinski definition) is 2. The Morgan fingerprint density at radius 2 is 1.90 bits per heavy atom. The molecule has 4 nitrogen and oxygen atoms in total. The van der Waals surface area contributed by atoms with Gasteiger partial charge in [0.2, 0.25) is 5.91 Å². The third-order valence-electron chi connectivity index (χ3n) is 3.93. The van der Waals surface area contributed by atoms with Crippen LogP contribution in [-0.4, -0.2) is 17.0 Å². The van der Waals surface area contributed by atoms with E-state index in [0.717, 1.165) is 24.0 Å². The van der Waals surface area contributed by atoms with E-state index in [4.69, 9.17) is 0 Å². The highest BCUT2D eigenvalue weighted by Crippen LogP contribution is 2.35. The van der Waals surface area contributed by atoms with Crippen molar-refractivity contribution in [2.24, 2.45) is 11.8 Å². The molecule has 0 saturated heterocycles. The Balaban J connectivity index is 2.14. The van der Waals surface area contributed by atoms with Crippen molar-refractivity contribution in [2.75, 3.05) is 0 Å². The minimum Gasteiger partial charge on any atom is -0.481 e. The van der Waals surface area contributed by atoms with Crippen molar-refractivity contribution in [1.29, 1.82) is 0 Å². The molecule has 0 aliphatic heterocycles. The summed E-state index contributed by atoms with van der Waals surface area (Å²) in [6.45, 7) is 3.56. The number of carbonyl (C=O) groups is 2. The fourth-order valence-corrected chi connectivity index (χ4v) is 2.36. The number of aliphatic carboxylic acids is 1. The van der Waals surface area contributed by atoms with Gasteiger partial charge in [0.15, 0.2) is 0 Å². The number of hydrogen-bond donors (Lipinski definition) is 2. The van der Waals surface area contributed by atoms with E-state index in [9.17, 15) is 14.7 Å². The summed E-state index contributed by atoms with van der Waals surface area (Å²) in [7, 11) is 0. The van der Waals surface area contributed by atoms with Crippen molar-refractivity contribution in [3.63, 3.8) is 0 Å². The van der Waals surface area contributed by atoms with Gasteiger partial charge < -0.3 is 10.4 Å². The van der Waals surface area contributed by atoms with Crippen LogP contribution in [0.5, 0.6) is 0 Å². The Bertz CT molecular complexity index is 546. The van der Waals surface area contributed by atoms with E-state index in [1.807, 2.05) is 37.3 Å². The van der Waals surface area contributed by atoms with Crippen molar-refractivity contribution in [1.82, 2.24) is 5.32 Å². The first-order chi connectivity index (χ1) is 9.99. The lowest BCUT2D eigenvalue weighted by molar-refractivity contribution is -0.142. The average Bonchev–Trinajstić information content (AvgIpc) is 3.29. The van der Waals surface area contributed by atoms with Gasteiger partial charge in [-0.05, 0) is 38.2 Å². The Kier molecular flexibility index (Phi) is 4.78. The van der Waals surface area contributed by atoms with Gasteiger partial charge in [0.05, 0.1) is 12.0 Å². The summed E-state index contributed by atoms with van der Waals surface area (Å²) in [6, 6.07) is 8.69. The highest BCUT2D eigenvalue weighted by atomic mass is 16.4. The molecular weight excluding hydrogens is 266 g/mol. The summed E-state index contributed by atoms with van der Waals surface area (Å²) in [5.74, 6) is -1.30. The SMILES string of the molecule is C/C(=C/C(=O)NC(c1ccccc1)C(C)C(=O)O)C1CC1. The molecule has 2 atom stereocenters. The molecule has 0 heterocycles. The van der Waals surface area contributed by atoms with Gasteiger partial charge in [-0.15, -0.1) is 0 Å². The zero-order valence-corrected chi connectivity index (χ0v) is 12.4. The molecule has 0 bridgehead atoms. The molecule has 4 heteroatoms. The first-order valence-corrected chi connectivity index (χ1v) is 7.25. The second kappa shape index (κ2) is 6.57. The Labute approximate surface area is 124 Å². The fraction of sp³-hybridized carbons (Fsp3) is 0.412. The molecule has 1 aromatic carbocycles. The first kappa shape index (κ1) is 15.3. The minimum absolute atomic E-state index is 0.221. The highest BCUT2D eigenvalue weighted by Gasteiger charge is 2.27. The van der Waals surface area contributed by atoms with E-state index in [-0.39, 0.29) is 5.91 Å². The Morgan fingerprint density at radius 1 is 1.29 bits per heavy atom. The van der Waals surface area contributed by atoms with Crippen LogP contribution >= 0.6 is 0 Å².